The molecule has 0 amide bonds. The zero-order valence-electron chi connectivity index (χ0n) is 15.9. The maximum atomic E-state index is 12.0. The SMILES string of the molecule is CCCS(=O)(=O)NCc1ccc2c(c1)C(Cc1ccccc1)C(NC)CO2. The molecule has 6 heteroatoms. The summed E-state index contributed by atoms with van der Waals surface area (Å²) in [7, 11) is -1.26. The molecule has 0 radical (unpaired) electrons. The summed E-state index contributed by atoms with van der Waals surface area (Å²) < 4.78 is 32.5. The molecular weight excluding hydrogens is 360 g/mol. The second kappa shape index (κ2) is 8.87. The first-order valence-electron chi connectivity index (χ1n) is 9.46. The third-order valence-corrected chi connectivity index (χ3v) is 6.55. The number of hydrogen-bond acceptors (Lipinski definition) is 4. The Balaban J connectivity index is 1.84. The van der Waals surface area contributed by atoms with Crippen molar-refractivity contribution in [2.75, 3.05) is 19.4 Å². The van der Waals surface area contributed by atoms with Crippen molar-refractivity contribution >= 4 is 10.0 Å². The van der Waals surface area contributed by atoms with E-state index in [-0.39, 0.29) is 17.7 Å². The molecule has 2 unspecified atom stereocenters. The third kappa shape index (κ3) is 5.09. The zero-order valence-corrected chi connectivity index (χ0v) is 16.8. The number of sulfonamides is 1. The highest BCUT2D eigenvalue weighted by Gasteiger charge is 2.30. The fraction of sp³-hybridized carbons (Fsp3) is 0.429. The minimum absolute atomic E-state index is 0.152. The van der Waals surface area contributed by atoms with Gasteiger partial charge < -0.3 is 10.1 Å². The van der Waals surface area contributed by atoms with E-state index < -0.39 is 10.0 Å². The van der Waals surface area contributed by atoms with Crippen LogP contribution in [-0.2, 0) is 23.0 Å². The van der Waals surface area contributed by atoms with Crippen molar-refractivity contribution in [3.8, 4) is 5.75 Å². The van der Waals surface area contributed by atoms with E-state index in [9.17, 15) is 8.42 Å². The van der Waals surface area contributed by atoms with Crippen LogP contribution in [-0.4, -0.2) is 33.9 Å². The molecule has 0 spiro atoms. The summed E-state index contributed by atoms with van der Waals surface area (Å²) in [6.45, 7) is 2.79. The van der Waals surface area contributed by atoms with E-state index in [1.54, 1.807) is 0 Å². The molecule has 5 nitrogen and oxygen atoms in total. The summed E-state index contributed by atoms with van der Waals surface area (Å²) >= 11 is 0. The topological polar surface area (TPSA) is 67.4 Å². The number of fused-ring (bicyclic) bond motifs is 1. The summed E-state index contributed by atoms with van der Waals surface area (Å²) in [5.74, 6) is 1.32. The maximum absolute atomic E-state index is 12.0. The molecule has 0 saturated carbocycles. The molecule has 2 aromatic rings. The van der Waals surface area contributed by atoms with Gasteiger partial charge in [0.2, 0.25) is 10.0 Å². The highest BCUT2D eigenvalue weighted by atomic mass is 32.2. The monoisotopic (exact) mass is 388 g/mol. The lowest BCUT2D eigenvalue weighted by atomic mass is 9.83. The minimum atomic E-state index is -3.22. The standard InChI is InChI=1S/C21H28N2O3S/c1-3-11-27(24,25)23-14-17-9-10-21-19(13-17)18(20(22-2)15-26-21)12-16-7-5-4-6-8-16/h4-10,13,18,20,22-23H,3,11-12,14-15H2,1-2H3. The second-order valence-electron chi connectivity index (χ2n) is 7.01. The number of benzene rings is 2. The van der Waals surface area contributed by atoms with Crippen molar-refractivity contribution in [3.05, 3.63) is 65.2 Å². The van der Waals surface area contributed by atoms with Gasteiger partial charge in [-0.2, -0.15) is 0 Å². The molecule has 3 rings (SSSR count). The van der Waals surface area contributed by atoms with E-state index in [0.717, 1.165) is 23.3 Å². The lowest BCUT2D eigenvalue weighted by Crippen LogP contribution is -2.41. The van der Waals surface area contributed by atoms with Gasteiger partial charge in [-0.1, -0.05) is 49.4 Å². The maximum Gasteiger partial charge on any atom is 0.211 e. The average Bonchev–Trinajstić information content (AvgIpc) is 2.67. The van der Waals surface area contributed by atoms with Crippen molar-refractivity contribution in [1.82, 2.24) is 10.0 Å². The smallest absolute Gasteiger partial charge is 0.211 e. The van der Waals surface area contributed by atoms with Gasteiger partial charge >= 0.3 is 0 Å². The van der Waals surface area contributed by atoms with Crippen molar-refractivity contribution in [2.45, 2.75) is 38.3 Å². The van der Waals surface area contributed by atoms with Crippen molar-refractivity contribution < 1.29 is 13.2 Å². The lowest BCUT2D eigenvalue weighted by molar-refractivity contribution is 0.218. The van der Waals surface area contributed by atoms with Crippen LogP contribution in [0.4, 0.5) is 0 Å². The molecule has 146 valence electrons. The zero-order chi connectivity index (χ0) is 19.3. The Hall–Kier alpha value is -1.89. The minimum Gasteiger partial charge on any atom is -0.492 e. The van der Waals surface area contributed by atoms with Crippen molar-refractivity contribution in [3.63, 3.8) is 0 Å². The summed E-state index contributed by atoms with van der Waals surface area (Å²) in [6.07, 6.45) is 1.52. The molecule has 1 heterocycles. The Morgan fingerprint density at radius 3 is 2.59 bits per heavy atom. The molecule has 1 aliphatic rings. The molecule has 0 fully saturated rings. The predicted octanol–water partition coefficient (Wildman–Crippen LogP) is 2.82. The van der Waals surface area contributed by atoms with E-state index in [4.69, 9.17) is 4.74 Å². The Labute approximate surface area is 162 Å². The van der Waals surface area contributed by atoms with Crippen LogP contribution in [0.5, 0.6) is 5.75 Å². The molecule has 2 N–H and O–H groups in total. The van der Waals surface area contributed by atoms with Gasteiger partial charge in [0.15, 0.2) is 0 Å². The third-order valence-electron chi connectivity index (χ3n) is 5.02. The van der Waals surface area contributed by atoms with Crippen LogP contribution in [0.25, 0.3) is 0 Å². The van der Waals surface area contributed by atoms with Gasteiger partial charge in [0.05, 0.1) is 5.75 Å². The van der Waals surface area contributed by atoms with E-state index in [1.807, 2.05) is 32.2 Å². The molecule has 0 aromatic heterocycles. The van der Waals surface area contributed by atoms with Gasteiger partial charge in [-0.3, -0.25) is 0 Å². The fourth-order valence-corrected chi connectivity index (χ4v) is 4.65. The van der Waals surface area contributed by atoms with Gasteiger partial charge in [0.1, 0.15) is 12.4 Å². The average molecular weight is 389 g/mol. The number of likely N-dealkylation sites (N-methyl/N-ethyl adjacent to an activating group) is 1. The summed E-state index contributed by atoms with van der Waals surface area (Å²) in [6, 6.07) is 16.6. The second-order valence-corrected chi connectivity index (χ2v) is 8.94. The van der Waals surface area contributed by atoms with Crippen LogP contribution in [0.3, 0.4) is 0 Å². The molecular formula is C21H28N2O3S. The highest BCUT2D eigenvalue weighted by Crippen LogP contribution is 2.36. The van der Waals surface area contributed by atoms with Gasteiger partial charge in [-0.15, -0.1) is 0 Å². The van der Waals surface area contributed by atoms with Gasteiger partial charge in [-0.25, -0.2) is 13.1 Å². The predicted molar refractivity (Wildman–Crippen MR) is 109 cm³/mol. The van der Waals surface area contributed by atoms with Gasteiger partial charge in [0.25, 0.3) is 0 Å². The Kier molecular flexibility index (Phi) is 6.52. The lowest BCUT2D eigenvalue weighted by Gasteiger charge is -2.34. The first-order valence-corrected chi connectivity index (χ1v) is 11.1. The highest BCUT2D eigenvalue weighted by molar-refractivity contribution is 7.89. The molecule has 0 saturated heterocycles. The van der Waals surface area contributed by atoms with E-state index >= 15 is 0 Å². The van der Waals surface area contributed by atoms with Crippen LogP contribution in [0.2, 0.25) is 0 Å². The van der Waals surface area contributed by atoms with Crippen LogP contribution in [0.1, 0.15) is 36.0 Å². The van der Waals surface area contributed by atoms with Crippen LogP contribution < -0.4 is 14.8 Å². The van der Waals surface area contributed by atoms with Gasteiger partial charge in [0, 0.05) is 18.5 Å². The molecule has 1 aliphatic heterocycles. The Morgan fingerprint density at radius 2 is 1.89 bits per heavy atom. The molecule has 27 heavy (non-hydrogen) atoms. The Morgan fingerprint density at radius 1 is 1.11 bits per heavy atom. The quantitative estimate of drug-likeness (QED) is 0.730. The number of nitrogens with one attached hydrogen (secondary N) is 2. The molecule has 0 aliphatic carbocycles. The van der Waals surface area contributed by atoms with E-state index in [2.05, 4.69) is 40.4 Å². The molecule has 2 atom stereocenters. The number of rotatable bonds is 8. The fourth-order valence-electron chi connectivity index (χ4n) is 3.58. The summed E-state index contributed by atoms with van der Waals surface area (Å²) in [4.78, 5) is 0. The summed E-state index contributed by atoms with van der Waals surface area (Å²) in [5.41, 5.74) is 3.37. The van der Waals surface area contributed by atoms with Crippen molar-refractivity contribution in [1.29, 1.82) is 0 Å². The van der Waals surface area contributed by atoms with Crippen LogP contribution in [0.15, 0.2) is 48.5 Å². The first-order chi connectivity index (χ1) is 13.0. The largest absolute Gasteiger partial charge is 0.492 e. The summed E-state index contributed by atoms with van der Waals surface area (Å²) in [5, 5.41) is 3.37. The van der Waals surface area contributed by atoms with Crippen LogP contribution in [0, 0.1) is 0 Å². The number of hydrogen-bond donors (Lipinski definition) is 2. The normalized spacial score (nSPS) is 19.3. The molecule has 2 aromatic carbocycles. The van der Waals surface area contributed by atoms with Crippen molar-refractivity contribution in [2.24, 2.45) is 0 Å². The van der Waals surface area contributed by atoms with Gasteiger partial charge in [-0.05, 0) is 42.6 Å². The van der Waals surface area contributed by atoms with E-state index in [1.165, 1.54) is 5.56 Å². The molecule has 0 bridgehead atoms. The first kappa shape index (κ1) is 19.9. The Bertz CT molecular complexity index is 853. The van der Waals surface area contributed by atoms with Crippen LogP contribution >= 0.6 is 0 Å². The number of ether oxygens (including phenoxy) is 1. The van der Waals surface area contributed by atoms with E-state index in [0.29, 0.717) is 19.6 Å².